The second-order valence-electron chi connectivity index (χ2n) is 7.36. The van der Waals surface area contributed by atoms with Gasteiger partial charge in [-0.3, -0.25) is 4.74 Å². The van der Waals surface area contributed by atoms with Crippen molar-refractivity contribution in [2.24, 2.45) is 0 Å². The molecule has 2 aromatic heterocycles. The second-order valence-corrected chi connectivity index (χ2v) is 7.36. The van der Waals surface area contributed by atoms with Crippen LogP contribution in [0.4, 0.5) is 13.2 Å². The Balaban J connectivity index is 1.66. The van der Waals surface area contributed by atoms with Gasteiger partial charge < -0.3 is 9.13 Å². The highest BCUT2D eigenvalue weighted by atomic mass is 19.4. The lowest BCUT2D eigenvalue weighted by Gasteiger charge is -2.12. The van der Waals surface area contributed by atoms with Gasteiger partial charge in [0.15, 0.2) is 0 Å². The lowest BCUT2D eigenvalue weighted by Crippen LogP contribution is -2.17. The molecule has 158 valence electrons. The monoisotopic (exact) mass is 423 g/mol. The molecule has 0 aliphatic heterocycles. The smallest absolute Gasteiger partial charge is 0.341 e. The third-order valence-electron chi connectivity index (χ3n) is 5.58. The minimum absolute atomic E-state index is 0.0457. The molecule has 0 saturated carbocycles. The molecule has 3 aromatic carbocycles. The van der Waals surface area contributed by atoms with Crippen LogP contribution in [-0.4, -0.2) is 27.1 Å². The maximum atomic E-state index is 12.5. The number of imidazole rings is 1. The first-order chi connectivity index (χ1) is 15.0. The summed E-state index contributed by atoms with van der Waals surface area (Å²) in [4.78, 5) is 4.73. The summed E-state index contributed by atoms with van der Waals surface area (Å²) in [7, 11) is 0. The number of fused-ring (bicyclic) bond motifs is 4. The zero-order valence-corrected chi connectivity index (χ0v) is 16.9. The van der Waals surface area contributed by atoms with Crippen LogP contribution in [0.3, 0.4) is 0 Å². The fourth-order valence-electron chi connectivity index (χ4n) is 4.31. The molecule has 0 atom stereocenters. The zero-order chi connectivity index (χ0) is 21.6. The van der Waals surface area contributed by atoms with E-state index in [0.717, 1.165) is 44.9 Å². The fraction of sp³-hybridized carbons (Fsp3) is 0.208. The summed E-state index contributed by atoms with van der Waals surface area (Å²) in [5.74, 6) is 0.627. The number of hydrogen-bond donors (Lipinski definition) is 0. The van der Waals surface area contributed by atoms with Gasteiger partial charge in [0.2, 0.25) is 0 Å². The van der Waals surface area contributed by atoms with Crippen molar-refractivity contribution in [1.82, 2.24) is 14.1 Å². The van der Waals surface area contributed by atoms with E-state index in [1.807, 2.05) is 42.5 Å². The molecule has 2 heterocycles. The first-order valence-electron chi connectivity index (χ1n) is 10.1. The van der Waals surface area contributed by atoms with E-state index in [4.69, 9.17) is 4.98 Å². The van der Waals surface area contributed by atoms with Crippen LogP contribution >= 0.6 is 0 Å². The SMILES string of the molecule is CCn1c2ccccc2c2cc(-c3nc4ccccc4n3CCOC(F)(F)F)ccc21. The Morgan fingerprint density at radius 2 is 1.55 bits per heavy atom. The first-order valence-corrected chi connectivity index (χ1v) is 10.1. The summed E-state index contributed by atoms with van der Waals surface area (Å²) in [6.07, 6.45) is -4.66. The van der Waals surface area contributed by atoms with Gasteiger partial charge >= 0.3 is 6.36 Å². The van der Waals surface area contributed by atoms with Crippen LogP contribution < -0.4 is 0 Å². The van der Waals surface area contributed by atoms with Crippen LogP contribution in [0.5, 0.6) is 0 Å². The van der Waals surface area contributed by atoms with E-state index in [9.17, 15) is 13.2 Å². The molecule has 0 aliphatic rings. The lowest BCUT2D eigenvalue weighted by atomic mass is 10.1. The average Bonchev–Trinajstić information content (AvgIpc) is 3.28. The minimum Gasteiger partial charge on any atom is -0.341 e. The highest BCUT2D eigenvalue weighted by Crippen LogP contribution is 2.33. The third-order valence-corrected chi connectivity index (χ3v) is 5.58. The van der Waals surface area contributed by atoms with Crippen LogP contribution in [0, 0.1) is 0 Å². The van der Waals surface area contributed by atoms with Crippen LogP contribution in [0.1, 0.15) is 6.92 Å². The topological polar surface area (TPSA) is 32.0 Å². The van der Waals surface area contributed by atoms with Crippen molar-refractivity contribution >= 4 is 32.8 Å². The largest absolute Gasteiger partial charge is 0.522 e. The summed E-state index contributed by atoms with van der Waals surface area (Å²) >= 11 is 0. The van der Waals surface area contributed by atoms with Crippen molar-refractivity contribution in [3.8, 4) is 11.4 Å². The molecule has 0 bridgehead atoms. The van der Waals surface area contributed by atoms with Gasteiger partial charge in [-0.25, -0.2) is 4.98 Å². The van der Waals surface area contributed by atoms with Gasteiger partial charge in [-0.05, 0) is 43.3 Å². The molecule has 0 spiro atoms. The first kappa shape index (κ1) is 19.6. The summed E-state index contributed by atoms with van der Waals surface area (Å²) < 4.78 is 45.7. The van der Waals surface area contributed by atoms with Gasteiger partial charge in [-0.2, -0.15) is 0 Å². The van der Waals surface area contributed by atoms with E-state index in [1.54, 1.807) is 4.57 Å². The van der Waals surface area contributed by atoms with E-state index < -0.39 is 13.0 Å². The molecule has 0 N–H and O–H groups in total. The van der Waals surface area contributed by atoms with Crippen molar-refractivity contribution < 1.29 is 17.9 Å². The van der Waals surface area contributed by atoms with E-state index in [-0.39, 0.29) is 6.54 Å². The van der Waals surface area contributed by atoms with Crippen LogP contribution in [0.2, 0.25) is 0 Å². The van der Waals surface area contributed by atoms with Gasteiger partial charge in [-0.1, -0.05) is 30.3 Å². The minimum atomic E-state index is -4.66. The van der Waals surface area contributed by atoms with Crippen LogP contribution in [-0.2, 0) is 17.8 Å². The third kappa shape index (κ3) is 3.45. The number of rotatable bonds is 5. The molecular formula is C24H20F3N3O. The highest BCUT2D eigenvalue weighted by Gasteiger charge is 2.29. The van der Waals surface area contributed by atoms with E-state index >= 15 is 0 Å². The Morgan fingerprint density at radius 1 is 0.839 bits per heavy atom. The number of alkyl halides is 3. The molecule has 5 rings (SSSR count). The molecule has 0 unspecified atom stereocenters. The van der Waals surface area contributed by atoms with Gasteiger partial charge in [0.1, 0.15) is 5.82 Å². The average molecular weight is 423 g/mol. The molecule has 7 heteroatoms. The van der Waals surface area contributed by atoms with Crippen molar-refractivity contribution in [3.63, 3.8) is 0 Å². The Hall–Kier alpha value is -3.32. The van der Waals surface area contributed by atoms with Crippen LogP contribution in [0.15, 0.2) is 66.7 Å². The molecule has 0 saturated heterocycles. The maximum Gasteiger partial charge on any atom is 0.522 e. The van der Waals surface area contributed by atoms with Gasteiger partial charge in [-0.15, -0.1) is 13.2 Å². The molecule has 0 aliphatic carbocycles. The highest BCUT2D eigenvalue weighted by molar-refractivity contribution is 6.09. The standard InChI is InChI=1S/C24H20F3N3O/c1-2-29-20-9-5-3-7-17(20)18-15-16(11-12-21(18)29)23-28-19-8-4-6-10-22(19)30(23)13-14-31-24(25,26)27/h3-12,15H,2,13-14H2,1H3. The maximum absolute atomic E-state index is 12.5. The van der Waals surface area contributed by atoms with Gasteiger partial charge in [0.05, 0.1) is 17.6 Å². The molecule has 4 nitrogen and oxygen atoms in total. The summed E-state index contributed by atoms with van der Waals surface area (Å²) in [6.45, 7) is 2.52. The Kier molecular flexibility index (Phi) is 4.70. The van der Waals surface area contributed by atoms with Gasteiger partial charge in [0.25, 0.3) is 0 Å². The molecule has 0 fully saturated rings. The number of hydrogen-bond acceptors (Lipinski definition) is 2. The molecule has 0 radical (unpaired) electrons. The van der Waals surface area contributed by atoms with Crippen molar-refractivity contribution in [2.45, 2.75) is 26.4 Å². The lowest BCUT2D eigenvalue weighted by molar-refractivity contribution is -0.325. The van der Waals surface area contributed by atoms with E-state index in [0.29, 0.717) is 5.82 Å². The van der Waals surface area contributed by atoms with E-state index in [2.05, 4.69) is 40.5 Å². The van der Waals surface area contributed by atoms with Crippen LogP contribution in [0.25, 0.3) is 44.2 Å². The van der Waals surface area contributed by atoms with Crippen molar-refractivity contribution in [1.29, 1.82) is 0 Å². The summed E-state index contributed by atoms with van der Waals surface area (Å²) in [5, 5.41) is 2.24. The number of benzene rings is 3. The predicted octanol–water partition coefficient (Wildman–Crippen LogP) is 6.37. The summed E-state index contributed by atoms with van der Waals surface area (Å²) in [6, 6.07) is 21.8. The summed E-state index contributed by atoms with van der Waals surface area (Å²) in [5.41, 5.74) is 4.65. The van der Waals surface area contributed by atoms with Crippen molar-refractivity contribution in [3.05, 3.63) is 66.7 Å². The number of ether oxygens (including phenoxy) is 1. The molecule has 31 heavy (non-hydrogen) atoms. The normalized spacial score (nSPS) is 12.4. The Labute approximate surface area is 176 Å². The molecule has 0 amide bonds. The molecule has 5 aromatic rings. The predicted molar refractivity (Wildman–Crippen MR) is 116 cm³/mol. The number of para-hydroxylation sites is 3. The fourth-order valence-corrected chi connectivity index (χ4v) is 4.31. The van der Waals surface area contributed by atoms with Crippen molar-refractivity contribution in [2.75, 3.05) is 6.61 Å². The number of aromatic nitrogens is 3. The second kappa shape index (κ2) is 7.42. The zero-order valence-electron chi connectivity index (χ0n) is 16.9. The Morgan fingerprint density at radius 3 is 2.32 bits per heavy atom. The molecular weight excluding hydrogens is 403 g/mol. The Bertz CT molecular complexity index is 1400. The number of nitrogens with zero attached hydrogens (tertiary/aromatic N) is 3. The number of aryl methyl sites for hydroxylation is 1. The quantitative estimate of drug-likeness (QED) is 0.329. The van der Waals surface area contributed by atoms with E-state index in [1.165, 1.54) is 0 Å². The van der Waals surface area contributed by atoms with Gasteiger partial charge in [0, 0.05) is 40.5 Å². The number of halogens is 3.